The van der Waals surface area contributed by atoms with Crippen molar-refractivity contribution in [3.8, 4) is 0 Å². The highest BCUT2D eigenvalue weighted by molar-refractivity contribution is 5.91. The molecule has 4 heteroatoms. The van der Waals surface area contributed by atoms with Crippen LogP contribution in [0.1, 0.15) is 48.0 Å². The zero-order valence-corrected chi connectivity index (χ0v) is 11.7. The van der Waals surface area contributed by atoms with Crippen molar-refractivity contribution in [3.05, 3.63) is 35.4 Å². The highest BCUT2D eigenvalue weighted by Gasteiger charge is 2.18. The summed E-state index contributed by atoms with van der Waals surface area (Å²) in [6.07, 6.45) is 5.88. The second-order valence-electron chi connectivity index (χ2n) is 5.29. The average molecular weight is 275 g/mol. The molecule has 0 bridgehead atoms. The molecule has 1 aromatic rings. The Morgan fingerprint density at radius 1 is 1.00 bits per heavy atom. The summed E-state index contributed by atoms with van der Waals surface area (Å²) in [7, 11) is 0. The van der Waals surface area contributed by atoms with Crippen molar-refractivity contribution in [2.45, 2.75) is 38.5 Å². The number of carboxylic acids is 1. The van der Waals surface area contributed by atoms with Gasteiger partial charge in [0.1, 0.15) is 0 Å². The summed E-state index contributed by atoms with van der Waals surface area (Å²) >= 11 is 0. The maximum absolute atomic E-state index is 12.3. The van der Waals surface area contributed by atoms with E-state index in [0.717, 1.165) is 25.9 Å². The Balaban J connectivity index is 2.05. The monoisotopic (exact) mass is 275 g/mol. The van der Waals surface area contributed by atoms with Crippen LogP contribution in [0.2, 0.25) is 0 Å². The second-order valence-corrected chi connectivity index (χ2v) is 5.29. The van der Waals surface area contributed by atoms with Crippen LogP contribution in [-0.4, -0.2) is 35.0 Å². The van der Waals surface area contributed by atoms with Crippen molar-refractivity contribution in [1.29, 1.82) is 0 Å². The summed E-state index contributed by atoms with van der Waals surface area (Å²) in [5.41, 5.74) is 0.833. The van der Waals surface area contributed by atoms with Crippen LogP contribution in [0, 0.1) is 0 Å². The highest BCUT2D eigenvalue weighted by atomic mass is 16.4. The van der Waals surface area contributed by atoms with Gasteiger partial charge in [-0.1, -0.05) is 37.5 Å². The van der Waals surface area contributed by atoms with Gasteiger partial charge in [0.2, 0.25) is 5.91 Å². The van der Waals surface area contributed by atoms with Crippen LogP contribution in [-0.2, 0) is 11.2 Å². The Morgan fingerprint density at radius 2 is 1.60 bits per heavy atom. The lowest BCUT2D eigenvalue weighted by Gasteiger charge is -2.25. The molecule has 4 nitrogen and oxygen atoms in total. The Hall–Kier alpha value is -1.84. The topological polar surface area (TPSA) is 57.6 Å². The van der Waals surface area contributed by atoms with Crippen molar-refractivity contribution in [2.24, 2.45) is 0 Å². The molecule has 1 aliphatic rings. The molecule has 20 heavy (non-hydrogen) atoms. The molecular weight excluding hydrogens is 254 g/mol. The van der Waals surface area contributed by atoms with E-state index in [1.54, 1.807) is 24.3 Å². The van der Waals surface area contributed by atoms with Crippen molar-refractivity contribution in [1.82, 2.24) is 4.90 Å². The van der Waals surface area contributed by atoms with E-state index in [4.69, 9.17) is 5.11 Å². The lowest BCUT2D eigenvalue weighted by molar-refractivity contribution is -0.130. The quantitative estimate of drug-likeness (QED) is 0.922. The molecule has 0 aromatic heterocycles. The molecule has 1 saturated heterocycles. The summed E-state index contributed by atoms with van der Waals surface area (Å²) in [5.74, 6) is -0.929. The molecule has 0 spiro atoms. The molecular formula is C16H21NO3. The summed E-state index contributed by atoms with van der Waals surface area (Å²) in [6, 6.07) is 6.75. The summed E-state index contributed by atoms with van der Waals surface area (Å²) in [4.78, 5) is 25.4. The van der Waals surface area contributed by atoms with Crippen LogP contribution < -0.4 is 0 Å². The number of hydrogen-bond donors (Lipinski definition) is 1. The van der Waals surface area contributed by atoms with E-state index in [9.17, 15) is 9.59 Å². The number of nitrogens with zero attached hydrogens (tertiary/aromatic N) is 1. The van der Waals surface area contributed by atoms with Crippen LogP contribution in [0.25, 0.3) is 0 Å². The van der Waals surface area contributed by atoms with Crippen LogP contribution in [0.15, 0.2) is 24.3 Å². The molecule has 1 heterocycles. The zero-order valence-electron chi connectivity index (χ0n) is 11.7. The number of carbonyl (C=O) groups excluding carboxylic acids is 1. The summed E-state index contributed by atoms with van der Waals surface area (Å²) < 4.78 is 0. The van der Waals surface area contributed by atoms with Crippen LogP contribution in [0.4, 0.5) is 0 Å². The molecule has 0 radical (unpaired) electrons. The maximum atomic E-state index is 12.3. The third-order valence-corrected chi connectivity index (χ3v) is 3.80. The third-order valence-electron chi connectivity index (χ3n) is 3.80. The molecule has 0 saturated carbocycles. The van der Waals surface area contributed by atoms with E-state index >= 15 is 0 Å². The number of carbonyl (C=O) groups is 2. The van der Waals surface area contributed by atoms with Gasteiger partial charge in [-0.05, 0) is 24.5 Å². The molecule has 1 amide bonds. The van der Waals surface area contributed by atoms with E-state index in [1.807, 2.05) is 4.90 Å². The molecule has 1 fully saturated rings. The van der Waals surface area contributed by atoms with Crippen LogP contribution in [0.3, 0.4) is 0 Å². The minimum Gasteiger partial charge on any atom is -0.478 e. The lowest BCUT2D eigenvalue weighted by Crippen LogP contribution is -2.35. The van der Waals surface area contributed by atoms with Crippen molar-refractivity contribution in [2.75, 3.05) is 13.1 Å². The highest BCUT2D eigenvalue weighted by Crippen LogP contribution is 2.14. The van der Waals surface area contributed by atoms with Gasteiger partial charge in [0.25, 0.3) is 0 Å². The Labute approximate surface area is 119 Å². The van der Waals surface area contributed by atoms with E-state index in [-0.39, 0.29) is 17.9 Å². The van der Waals surface area contributed by atoms with Gasteiger partial charge in [-0.25, -0.2) is 4.79 Å². The zero-order chi connectivity index (χ0) is 14.4. The summed E-state index contributed by atoms with van der Waals surface area (Å²) in [5, 5.41) is 9.15. The number of aromatic carboxylic acids is 1. The predicted molar refractivity (Wildman–Crippen MR) is 76.8 cm³/mol. The Kier molecular flexibility index (Phi) is 5.16. The predicted octanol–water partition coefficient (Wildman–Crippen LogP) is 2.72. The van der Waals surface area contributed by atoms with Gasteiger partial charge in [-0.15, -0.1) is 0 Å². The van der Waals surface area contributed by atoms with E-state index < -0.39 is 5.97 Å². The first kappa shape index (κ1) is 14.6. The fourth-order valence-corrected chi connectivity index (χ4v) is 2.65. The SMILES string of the molecule is O=C(O)c1ccccc1CC(=O)N1CCCCCCC1. The molecule has 1 N–H and O–H groups in total. The van der Waals surface area contributed by atoms with Crippen molar-refractivity contribution >= 4 is 11.9 Å². The first-order valence-corrected chi connectivity index (χ1v) is 7.27. The van der Waals surface area contributed by atoms with E-state index in [0.29, 0.717) is 5.56 Å². The second kappa shape index (κ2) is 7.08. The van der Waals surface area contributed by atoms with Gasteiger partial charge in [-0.2, -0.15) is 0 Å². The van der Waals surface area contributed by atoms with Crippen LogP contribution >= 0.6 is 0 Å². The molecule has 0 unspecified atom stereocenters. The minimum absolute atomic E-state index is 0.0422. The number of likely N-dealkylation sites (tertiary alicyclic amines) is 1. The molecule has 0 atom stereocenters. The van der Waals surface area contributed by atoms with Gasteiger partial charge >= 0.3 is 5.97 Å². The van der Waals surface area contributed by atoms with Gasteiger partial charge in [0.15, 0.2) is 0 Å². The summed E-state index contributed by atoms with van der Waals surface area (Å²) in [6.45, 7) is 1.60. The molecule has 1 aliphatic heterocycles. The smallest absolute Gasteiger partial charge is 0.335 e. The number of rotatable bonds is 3. The van der Waals surface area contributed by atoms with Crippen molar-refractivity contribution in [3.63, 3.8) is 0 Å². The number of amides is 1. The fourth-order valence-electron chi connectivity index (χ4n) is 2.65. The third kappa shape index (κ3) is 3.83. The van der Waals surface area contributed by atoms with E-state index in [1.165, 1.54) is 19.3 Å². The first-order chi connectivity index (χ1) is 9.68. The number of benzene rings is 1. The largest absolute Gasteiger partial charge is 0.478 e. The number of carboxylic acid groups (broad SMARTS) is 1. The lowest BCUT2D eigenvalue weighted by atomic mass is 10.0. The minimum atomic E-state index is -0.971. The van der Waals surface area contributed by atoms with E-state index in [2.05, 4.69) is 0 Å². The standard InChI is InChI=1S/C16H21NO3/c18-15(17-10-6-2-1-3-7-11-17)12-13-8-4-5-9-14(13)16(19)20/h4-5,8-9H,1-3,6-7,10-12H2,(H,19,20). The number of hydrogen-bond acceptors (Lipinski definition) is 2. The fraction of sp³-hybridized carbons (Fsp3) is 0.500. The van der Waals surface area contributed by atoms with Gasteiger partial charge in [0.05, 0.1) is 12.0 Å². The molecule has 1 aromatic carbocycles. The average Bonchev–Trinajstić information content (AvgIpc) is 2.38. The van der Waals surface area contributed by atoms with Gasteiger partial charge in [-0.3, -0.25) is 4.79 Å². The Morgan fingerprint density at radius 3 is 2.25 bits per heavy atom. The van der Waals surface area contributed by atoms with Crippen molar-refractivity contribution < 1.29 is 14.7 Å². The first-order valence-electron chi connectivity index (χ1n) is 7.27. The molecule has 2 rings (SSSR count). The normalized spacial score (nSPS) is 16.3. The maximum Gasteiger partial charge on any atom is 0.335 e. The Bertz CT molecular complexity index is 476. The molecule has 108 valence electrons. The van der Waals surface area contributed by atoms with Crippen LogP contribution in [0.5, 0.6) is 0 Å². The molecule has 0 aliphatic carbocycles. The van der Waals surface area contributed by atoms with Gasteiger partial charge < -0.3 is 10.0 Å². The van der Waals surface area contributed by atoms with Gasteiger partial charge in [0, 0.05) is 13.1 Å².